The number of rotatable bonds is 4. The highest BCUT2D eigenvalue weighted by molar-refractivity contribution is 6.31. The molecule has 0 aliphatic carbocycles. The summed E-state index contributed by atoms with van der Waals surface area (Å²) in [6.07, 6.45) is 1.85. The molecule has 0 bridgehead atoms. The molecule has 1 aliphatic rings. The Morgan fingerprint density at radius 1 is 1.15 bits per heavy atom. The standard InChI is InChI=1S/C19H16ClFN4O/c20-16-7-4-8-17(21)15(16)9-19(26)24-10-14(11-24)25-12-18(22-23-25)13-5-2-1-3-6-13/h1-8,12,14H,9-11H2. The highest BCUT2D eigenvalue weighted by Crippen LogP contribution is 2.25. The summed E-state index contributed by atoms with van der Waals surface area (Å²) in [6.45, 7) is 1.06. The maximum atomic E-state index is 13.8. The third-order valence-electron chi connectivity index (χ3n) is 4.56. The number of carbonyl (C=O) groups excluding carboxylic acids is 1. The van der Waals surface area contributed by atoms with Gasteiger partial charge in [0.1, 0.15) is 11.5 Å². The molecule has 1 fully saturated rings. The second-order valence-corrected chi connectivity index (χ2v) is 6.69. The van der Waals surface area contributed by atoms with Gasteiger partial charge >= 0.3 is 0 Å². The summed E-state index contributed by atoms with van der Waals surface area (Å²) in [5, 5.41) is 8.64. The molecule has 0 N–H and O–H groups in total. The topological polar surface area (TPSA) is 51.0 Å². The minimum Gasteiger partial charge on any atom is -0.338 e. The first-order valence-corrected chi connectivity index (χ1v) is 8.67. The number of benzene rings is 2. The molecule has 0 spiro atoms. The van der Waals surface area contributed by atoms with Crippen molar-refractivity contribution in [2.75, 3.05) is 13.1 Å². The van der Waals surface area contributed by atoms with Gasteiger partial charge in [-0.15, -0.1) is 5.10 Å². The molecule has 2 aromatic carbocycles. The van der Waals surface area contributed by atoms with Crippen molar-refractivity contribution < 1.29 is 9.18 Å². The Balaban J connectivity index is 1.38. The van der Waals surface area contributed by atoms with Crippen LogP contribution in [0, 0.1) is 5.82 Å². The molecule has 0 atom stereocenters. The van der Waals surface area contributed by atoms with E-state index < -0.39 is 5.82 Å². The van der Waals surface area contributed by atoms with E-state index in [0.717, 1.165) is 11.3 Å². The van der Waals surface area contributed by atoms with Gasteiger partial charge in [-0.2, -0.15) is 0 Å². The molecule has 26 heavy (non-hydrogen) atoms. The lowest BCUT2D eigenvalue weighted by atomic mass is 10.1. The summed E-state index contributed by atoms with van der Waals surface area (Å²) < 4.78 is 15.6. The van der Waals surface area contributed by atoms with Crippen molar-refractivity contribution in [1.82, 2.24) is 19.9 Å². The maximum absolute atomic E-state index is 13.8. The molecule has 7 heteroatoms. The molecular weight excluding hydrogens is 355 g/mol. The number of halogens is 2. The average molecular weight is 371 g/mol. The van der Waals surface area contributed by atoms with Crippen LogP contribution >= 0.6 is 11.6 Å². The van der Waals surface area contributed by atoms with Gasteiger partial charge in [0.2, 0.25) is 5.91 Å². The smallest absolute Gasteiger partial charge is 0.227 e. The summed E-state index contributed by atoms with van der Waals surface area (Å²) in [7, 11) is 0. The summed E-state index contributed by atoms with van der Waals surface area (Å²) in [6, 6.07) is 14.3. The lowest BCUT2D eigenvalue weighted by molar-refractivity contribution is -0.136. The maximum Gasteiger partial charge on any atom is 0.227 e. The van der Waals surface area contributed by atoms with Gasteiger partial charge in [-0.05, 0) is 12.1 Å². The van der Waals surface area contributed by atoms with E-state index in [9.17, 15) is 9.18 Å². The van der Waals surface area contributed by atoms with Gasteiger partial charge in [-0.3, -0.25) is 4.79 Å². The Morgan fingerprint density at radius 2 is 1.92 bits per heavy atom. The third-order valence-corrected chi connectivity index (χ3v) is 4.91. The molecule has 3 aromatic rings. The predicted octanol–water partition coefficient (Wildman–Crippen LogP) is 3.36. The van der Waals surface area contributed by atoms with E-state index in [2.05, 4.69) is 10.3 Å². The van der Waals surface area contributed by atoms with E-state index in [-0.39, 0.29) is 29.0 Å². The first kappa shape index (κ1) is 16.7. The molecule has 1 saturated heterocycles. The predicted molar refractivity (Wildman–Crippen MR) is 96.2 cm³/mol. The molecule has 0 unspecified atom stereocenters. The number of aromatic nitrogens is 3. The molecule has 5 nitrogen and oxygen atoms in total. The van der Waals surface area contributed by atoms with Crippen molar-refractivity contribution in [2.45, 2.75) is 12.5 Å². The van der Waals surface area contributed by atoms with Gasteiger partial charge in [0, 0.05) is 29.2 Å². The first-order chi connectivity index (χ1) is 12.6. The van der Waals surface area contributed by atoms with E-state index in [1.165, 1.54) is 12.1 Å². The molecular formula is C19H16ClFN4O. The SMILES string of the molecule is O=C(Cc1c(F)cccc1Cl)N1CC(n2cc(-c3ccccc3)nn2)C1. The summed E-state index contributed by atoms with van der Waals surface area (Å²) in [5.74, 6) is -0.594. The summed E-state index contributed by atoms with van der Waals surface area (Å²) in [5.41, 5.74) is 2.04. The van der Waals surface area contributed by atoms with Crippen molar-refractivity contribution in [3.05, 3.63) is 71.1 Å². The minimum atomic E-state index is -0.452. The molecule has 0 radical (unpaired) electrons. The van der Waals surface area contributed by atoms with Gasteiger partial charge < -0.3 is 4.90 Å². The molecule has 1 aromatic heterocycles. The number of hydrogen-bond donors (Lipinski definition) is 0. The van der Waals surface area contributed by atoms with Gasteiger partial charge in [-0.25, -0.2) is 9.07 Å². The average Bonchev–Trinajstić information content (AvgIpc) is 3.07. The van der Waals surface area contributed by atoms with Crippen molar-refractivity contribution in [3.63, 3.8) is 0 Å². The van der Waals surface area contributed by atoms with Gasteiger partial charge in [0.15, 0.2) is 0 Å². The Labute approximate surface area is 155 Å². The van der Waals surface area contributed by atoms with E-state index in [4.69, 9.17) is 11.6 Å². The van der Waals surface area contributed by atoms with E-state index in [0.29, 0.717) is 13.1 Å². The normalized spacial score (nSPS) is 14.3. The Morgan fingerprint density at radius 3 is 2.65 bits per heavy atom. The van der Waals surface area contributed by atoms with Crippen molar-refractivity contribution in [3.8, 4) is 11.3 Å². The Bertz CT molecular complexity index is 917. The zero-order chi connectivity index (χ0) is 18.1. The van der Waals surface area contributed by atoms with Gasteiger partial charge in [-0.1, -0.05) is 53.2 Å². The summed E-state index contributed by atoms with van der Waals surface area (Å²) in [4.78, 5) is 14.0. The van der Waals surface area contributed by atoms with Crippen LogP contribution in [0.5, 0.6) is 0 Å². The van der Waals surface area contributed by atoms with Crippen LogP contribution in [-0.4, -0.2) is 38.9 Å². The molecule has 0 saturated carbocycles. The van der Waals surface area contributed by atoms with Crippen molar-refractivity contribution in [1.29, 1.82) is 0 Å². The first-order valence-electron chi connectivity index (χ1n) is 8.30. The second-order valence-electron chi connectivity index (χ2n) is 6.28. The fraction of sp³-hybridized carbons (Fsp3) is 0.211. The van der Waals surface area contributed by atoms with Crippen LogP contribution in [0.4, 0.5) is 4.39 Å². The van der Waals surface area contributed by atoms with Crippen LogP contribution in [0.2, 0.25) is 5.02 Å². The number of hydrogen-bond acceptors (Lipinski definition) is 3. The highest BCUT2D eigenvalue weighted by Gasteiger charge is 2.33. The lowest BCUT2D eigenvalue weighted by Gasteiger charge is -2.39. The third kappa shape index (κ3) is 3.20. The van der Waals surface area contributed by atoms with E-state index >= 15 is 0 Å². The van der Waals surface area contributed by atoms with Gasteiger partial charge in [0.05, 0.1) is 18.7 Å². The zero-order valence-corrected chi connectivity index (χ0v) is 14.6. The van der Waals surface area contributed by atoms with Crippen molar-refractivity contribution in [2.24, 2.45) is 0 Å². The van der Waals surface area contributed by atoms with E-state index in [1.54, 1.807) is 15.6 Å². The zero-order valence-electron chi connectivity index (χ0n) is 13.8. The highest BCUT2D eigenvalue weighted by atomic mass is 35.5. The Kier molecular flexibility index (Phi) is 4.42. The second kappa shape index (κ2) is 6.88. The quantitative estimate of drug-likeness (QED) is 0.707. The van der Waals surface area contributed by atoms with Crippen LogP contribution in [0.3, 0.4) is 0 Å². The van der Waals surface area contributed by atoms with Crippen LogP contribution < -0.4 is 0 Å². The van der Waals surface area contributed by atoms with E-state index in [1.807, 2.05) is 36.5 Å². The largest absolute Gasteiger partial charge is 0.338 e. The minimum absolute atomic E-state index is 0.0369. The monoisotopic (exact) mass is 370 g/mol. The molecule has 132 valence electrons. The molecule has 4 rings (SSSR count). The van der Waals surface area contributed by atoms with Crippen LogP contribution in [0.1, 0.15) is 11.6 Å². The lowest BCUT2D eigenvalue weighted by Crippen LogP contribution is -2.51. The van der Waals surface area contributed by atoms with Gasteiger partial charge in [0.25, 0.3) is 0 Å². The van der Waals surface area contributed by atoms with Crippen LogP contribution in [0.15, 0.2) is 54.7 Å². The fourth-order valence-corrected chi connectivity index (χ4v) is 3.22. The van der Waals surface area contributed by atoms with Crippen molar-refractivity contribution >= 4 is 17.5 Å². The number of nitrogens with zero attached hydrogens (tertiary/aromatic N) is 4. The molecule has 2 heterocycles. The molecule has 1 aliphatic heterocycles. The fourth-order valence-electron chi connectivity index (χ4n) is 2.99. The number of likely N-dealkylation sites (tertiary alicyclic amines) is 1. The molecule has 1 amide bonds. The van der Waals surface area contributed by atoms with Crippen LogP contribution in [0.25, 0.3) is 11.3 Å². The van der Waals surface area contributed by atoms with Crippen LogP contribution in [-0.2, 0) is 11.2 Å². The number of amides is 1. The Hall–Kier alpha value is -2.73. The summed E-state index contributed by atoms with van der Waals surface area (Å²) >= 11 is 5.99. The number of carbonyl (C=O) groups is 1.